The fourth-order valence-corrected chi connectivity index (χ4v) is 1.54. The topological polar surface area (TPSA) is 38.0 Å². The van der Waals surface area contributed by atoms with Gasteiger partial charge in [-0.05, 0) is 25.3 Å². The molecule has 72 valence electrons. The lowest BCUT2D eigenvalue weighted by molar-refractivity contribution is 0.400. The van der Waals surface area contributed by atoms with Crippen molar-refractivity contribution in [3.63, 3.8) is 0 Å². The van der Waals surface area contributed by atoms with Crippen LogP contribution in [0.1, 0.15) is 39.5 Å². The van der Waals surface area contributed by atoms with Gasteiger partial charge in [-0.1, -0.05) is 26.7 Å². The van der Waals surface area contributed by atoms with E-state index in [1.807, 2.05) is 0 Å². The van der Waals surface area contributed by atoms with Crippen LogP contribution in [-0.2, 0) is 0 Å². The summed E-state index contributed by atoms with van der Waals surface area (Å²) in [7, 11) is 0. The fraction of sp³-hybridized carbons (Fsp3) is 1.00. The van der Waals surface area contributed by atoms with Gasteiger partial charge in [0.1, 0.15) is 0 Å². The summed E-state index contributed by atoms with van der Waals surface area (Å²) in [4.78, 5) is 0. The molecule has 0 aliphatic heterocycles. The van der Waals surface area contributed by atoms with Crippen LogP contribution in [0.5, 0.6) is 0 Å². The molecule has 0 heterocycles. The second kappa shape index (κ2) is 4.24. The van der Waals surface area contributed by atoms with E-state index in [0.717, 1.165) is 19.0 Å². The Balaban J connectivity index is 2.15. The summed E-state index contributed by atoms with van der Waals surface area (Å²) in [6.07, 6.45) is 5.13. The van der Waals surface area contributed by atoms with Crippen molar-refractivity contribution in [1.82, 2.24) is 5.32 Å². The van der Waals surface area contributed by atoms with Crippen molar-refractivity contribution >= 4 is 0 Å². The Morgan fingerprint density at radius 1 is 1.33 bits per heavy atom. The Kier molecular flexibility index (Phi) is 3.53. The van der Waals surface area contributed by atoms with Crippen molar-refractivity contribution < 1.29 is 0 Å². The summed E-state index contributed by atoms with van der Waals surface area (Å²) < 4.78 is 0. The van der Waals surface area contributed by atoms with Crippen LogP contribution >= 0.6 is 0 Å². The second-order valence-electron chi connectivity index (χ2n) is 4.05. The van der Waals surface area contributed by atoms with E-state index in [2.05, 4.69) is 19.2 Å². The molecule has 0 amide bonds. The molecular weight excluding hydrogens is 148 g/mol. The van der Waals surface area contributed by atoms with Crippen LogP contribution < -0.4 is 11.1 Å². The zero-order valence-electron chi connectivity index (χ0n) is 8.40. The Hall–Kier alpha value is -0.0800. The molecule has 0 saturated heterocycles. The van der Waals surface area contributed by atoms with Crippen LogP contribution in [0.2, 0.25) is 0 Å². The van der Waals surface area contributed by atoms with Gasteiger partial charge in [-0.3, -0.25) is 0 Å². The molecule has 1 fully saturated rings. The molecule has 0 bridgehead atoms. The molecule has 3 N–H and O–H groups in total. The summed E-state index contributed by atoms with van der Waals surface area (Å²) in [5, 5.41) is 3.60. The first-order valence-corrected chi connectivity index (χ1v) is 5.21. The molecule has 0 atom stereocenters. The van der Waals surface area contributed by atoms with Crippen LogP contribution in [0.4, 0.5) is 0 Å². The minimum absolute atomic E-state index is 0.350. The fourth-order valence-electron chi connectivity index (χ4n) is 1.54. The van der Waals surface area contributed by atoms with Gasteiger partial charge in [-0.25, -0.2) is 0 Å². The van der Waals surface area contributed by atoms with Crippen molar-refractivity contribution in [2.75, 3.05) is 13.1 Å². The molecular formula is C10H22N2. The summed E-state index contributed by atoms with van der Waals surface area (Å²) in [6.45, 7) is 6.49. The zero-order chi connectivity index (χ0) is 9.03. The molecule has 0 unspecified atom stereocenters. The molecule has 2 heteroatoms. The lowest BCUT2D eigenvalue weighted by Crippen LogP contribution is -2.40. The molecule has 0 radical (unpaired) electrons. The van der Waals surface area contributed by atoms with E-state index in [1.54, 1.807) is 0 Å². The lowest BCUT2D eigenvalue weighted by Gasteiger charge is -2.19. The Morgan fingerprint density at radius 2 is 1.92 bits per heavy atom. The number of rotatable bonds is 6. The molecule has 1 aliphatic rings. The average Bonchev–Trinajstić information content (AvgIpc) is 2.87. The van der Waals surface area contributed by atoms with Crippen molar-refractivity contribution in [3.05, 3.63) is 0 Å². The van der Waals surface area contributed by atoms with E-state index >= 15 is 0 Å². The van der Waals surface area contributed by atoms with Crippen molar-refractivity contribution in [1.29, 1.82) is 0 Å². The quantitative estimate of drug-likeness (QED) is 0.634. The molecule has 0 aromatic carbocycles. The number of hydrogen-bond acceptors (Lipinski definition) is 2. The average molecular weight is 170 g/mol. The Labute approximate surface area is 75.9 Å². The van der Waals surface area contributed by atoms with Crippen LogP contribution in [-0.4, -0.2) is 18.6 Å². The zero-order valence-corrected chi connectivity index (χ0v) is 8.40. The highest BCUT2D eigenvalue weighted by Gasteiger charge is 2.40. The Bertz CT molecular complexity index is 126. The van der Waals surface area contributed by atoms with Gasteiger partial charge < -0.3 is 11.1 Å². The third kappa shape index (κ3) is 2.46. The van der Waals surface area contributed by atoms with Crippen LogP contribution in [0, 0.1) is 5.92 Å². The monoisotopic (exact) mass is 170 g/mol. The SMILES string of the molecule is CCC(CC)CNC1(CN)CC1. The van der Waals surface area contributed by atoms with Crippen LogP contribution in [0.15, 0.2) is 0 Å². The molecule has 1 aliphatic carbocycles. The van der Waals surface area contributed by atoms with Gasteiger partial charge in [0, 0.05) is 12.1 Å². The van der Waals surface area contributed by atoms with E-state index < -0.39 is 0 Å². The van der Waals surface area contributed by atoms with Crippen LogP contribution in [0.3, 0.4) is 0 Å². The third-order valence-corrected chi connectivity index (χ3v) is 3.16. The molecule has 1 rings (SSSR count). The van der Waals surface area contributed by atoms with Gasteiger partial charge in [0.05, 0.1) is 0 Å². The Morgan fingerprint density at radius 3 is 2.25 bits per heavy atom. The summed E-state index contributed by atoms with van der Waals surface area (Å²) in [5.41, 5.74) is 6.03. The molecule has 0 aromatic rings. The van der Waals surface area contributed by atoms with E-state index in [9.17, 15) is 0 Å². The minimum atomic E-state index is 0.350. The van der Waals surface area contributed by atoms with E-state index in [1.165, 1.54) is 25.7 Å². The van der Waals surface area contributed by atoms with Gasteiger partial charge in [0.15, 0.2) is 0 Å². The predicted octanol–water partition coefficient (Wildman–Crippen LogP) is 1.50. The standard InChI is InChI=1S/C10H22N2/c1-3-9(4-2)7-12-10(8-11)5-6-10/h9,12H,3-8,11H2,1-2H3. The van der Waals surface area contributed by atoms with E-state index in [4.69, 9.17) is 5.73 Å². The van der Waals surface area contributed by atoms with Crippen molar-refractivity contribution in [3.8, 4) is 0 Å². The highest BCUT2D eigenvalue weighted by molar-refractivity contribution is 5.02. The van der Waals surface area contributed by atoms with Crippen molar-refractivity contribution in [2.45, 2.75) is 45.1 Å². The summed E-state index contributed by atoms with van der Waals surface area (Å²) in [6, 6.07) is 0. The van der Waals surface area contributed by atoms with Gasteiger partial charge in [-0.2, -0.15) is 0 Å². The first-order chi connectivity index (χ1) is 5.76. The maximum Gasteiger partial charge on any atom is 0.0305 e. The number of nitrogens with two attached hydrogens (primary N) is 1. The highest BCUT2D eigenvalue weighted by atomic mass is 15.0. The van der Waals surface area contributed by atoms with Gasteiger partial charge in [-0.15, -0.1) is 0 Å². The molecule has 0 aromatic heterocycles. The maximum absolute atomic E-state index is 5.68. The minimum Gasteiger partial charge on any atom is -0.329 e. The van der Waals surface area contributed by atoms with E-state index in [0.29, 0.717) is 5.54 Å². The van der Waals surface area contributed by atoms with Gasteiger partial charge >= 0.3 is 0 Å². The van der Waals surface area contributed by atoms with Gasteiger partial charge in [0.2, 0.25) is 0 Å². The van der Waals surface area contributed by atoms with Gasteiger partial charge in [0.25, 0.3) is 0 Å². The first kappa shape index (κ1) is 10.0. The molecule has 12 heavy (non-hydrogen) atoms. The smallest absolute Gasteiger partial charge is 0.0305 e. The predicted molar refractivity (Wildman–Crippen MR) is 53.1 cm³/mol. The number of nitrogens with one attached hydrogen (secondary N) is 1. The summed E-state index contributed by atoms with van der Waals surface area (Å²) in [5.74, 6) is 0.842. The third-order valence-electron chi connectivity index (χ3n) is 3.16. The summed E-state index contributed by atoms with van der Waals surface area (Å²) >= 11 is 0. The van der Waals surface area contributed by atoms with Crippen LogP contribution in [0.25, 0.3) is 0 Å². The molecule has 0 spiro atoms. The lowest BCUT2D eigenvalue weighted by atomic mass is 10.0. The highest BCUT2D eigenvalue weighted by Crippen LogP contribution is 2.34. The normalized spacial score (nSPS) is 20.0. The molecule has 1 saturated carbocycles. The second-order valence-corrected chi connectivity index (χ2v) is 4.05. The van der Waals surface area contributed by atoms with E-state index in [-0.39, 0.29) is 0 Å². The van der Waals surface area contributed by atoms with Crippen molar-refractivity contribution in [2.24, 2.45) is 11.7 Å². The largest absolute Gasteiger partial charge is 0.329 e. The molecule has 2 nitrogen and oxygen atoms in total. The number of hydrogen-bond donors (Lipinski definition) is 2. The maximum atomic E-state index is 5.68. The first-order valence-electron chi connectivity index (χ1n) is 5.21.